The normalized spacial score (nSPS) is 27.3. The first kappa shape index (κ1) is 20.4. The second-order valence-corrected chi connectivity index (χ2v) is 8.98. The van der Waals surface area contributed by atoms with Gasteiger partial charge in [-0.3, -0.25) is 0 Å². The van der Waals surface area contributed by atoms with Crippen molar-refractivity contribution in [3.8, 4) is 5.75 Å². The first-order valence-electron chi connectivity index (χ1n) is 11.3. The summed E-state index contributed by atoms with van der Waals surface area (Å²) in [5.74, 6) is 1.95. The lowest BCUT2D eigenvalue weighted by Crippen LogP contribution is -2.30. The van der Waals surface area contributed by atoms with Crippen LogP contribution in [-0.4, -0.2) is 6.61 Å². The largest absolute Gasteiger partial charge is 0.486 e. The number of allylic oxidation sites excluding steroid dienone is 1. The molecule has 0 aromatic heterocycles. The second kappa shape index (κ2) is 8.85. The van der Waals surface area contributed by atoms with Gasteiger partial charge in [-0.15, -0.1) is 0 Å². The van der Waals surface area contributed by atoms with Gasteiger partial charge in [0.1, 0.15) is 12.4 Å². The van der Waals surface area contributed by atoms with Crippen LogP contribution in [0.5, 0.6) is 5.75 Å². The number of fused-ring (bicyclic) bond motifs is 2. The van der Waals surface area contributed by atoms with Crippen LogP contribution in [0.15, 0.2) is 36.4 Å². The van der Waals surface area contributed by atoms with E-state index in [-0.39, 0.29) is 17.7 Å². The molecule has 0 bridgehead atoms. The Kier molecular flexibility index (Phi) is 6.22. The van der Waals surface area contributed by atoms with Gasteiger partial charge >= 0.3 is 0 Å². The summed E-state index contributed by atoms with van der Waals surface area (Å²) in [4.78, 5) is 0. The summed E-state index contributed by atoms with van der Waals surface area (Å²) in [5.41, 5.74) is 1.04. The molecule has 2 aliphatic carbocycles. The van der Waals surface area contributed by atoms with E-state index in [1.165, 1.54) is 32.1 Å². The lowest BCUT2D eigenvalue weighted by Gasteiger charge is -2.42. The SMILES string of the molecule is CC=CCOc1ccc2cc(C3CCC4CC(CC)CCC4C3)cc(F)c2c1F. The van der Waals surface area contributed by atoms with E-state index in [0.29, 0.717) is 11.3 Å². The van der Waals surface area contributed by atoms with Crippen molar-refractivity contribution >= 4 is 10.8 Å². The van der Waals surface area contributed by atoms with Crippen molar-refractivity contribution in [1.82, 2.24) is 0 Å². The molecule has 4 unspecified atom stereocenters. The van der Waals surface area contributed by atoms with Gasteiger partial charge in [0.15, 0.2) is 11.6 Å². The summed E-state index contributed by atoms with van der Waals surface area (Å²) in [7, 11) is 0. The number of halogens is 2. The second-order valence-electron chi connectivity index (χ2n) is 8.98. The van der Waals surface area contributed by atoms with E-state index in [0.717, 1.165) is 36.2 Å². The maximum atomic E-state index is 15.0. The van der Waals surface area contributed by atoms with Gasteiger partial charge < -0.3 is 4.74 Å². The van der Waals surface area contributed by atoms with Crippen LogP contribution in [0.2, 0.25) is 0 Å². The van der Waals surface area contributed by atoms with Crippen LogP contribution in [0.25, 0.3) is 10.8 Å². The minimum Gasteiger partial charge on any atom is -0.486 e. The van der Waals surface area contributed by atoms with Crippen molar-refractivity contribution in [2.24, 2.45) is 17.8 Å². The molecule has 0 radical (unpaired) electrons. The third-order valence-electron chi connectivity index (χ3n) is 7.33. The van der Waals surface area contributed by atoms with Gasteiger partial charge in [-0.2, -0.15) is 0 Å². The smallest absolute Gasteiger partial charge is 0.175 e. The Bertz CT molecular complexity index is 888. The Labute approximate surface area is 173 Å². The zero-order valence-corrected chi connectivity index (χ0v) is 17.6. The van der Waals surface area contributed by atoms with Crippen LogP contribution in [0.1, 0.15) is 70.3 Å². The van der Waals surface area contributed by atoms with Crippen LogP contribution in [-0.2, 0) is 0 Å². The third-order valence-corrected chi connectivity index (χ3v) is 7.33. The zero-order chi connectivity index (χ0) is 20.4. The molecular formula is C26H32F2O. The van der Waals surface area contributed by atoms with E-state index in [1.807, 2.05) is 19.1 Å². The van der Waals surface area contributed by atoms with Gasteiger partial charge in [-0.1, -0.05) is 44.1 Å². The highest BCUT2D eigenvalue weighted by Gasteiger charge is 2.35. The molecule has 4 rings (SSSR count). The Morgan fingerprint density at radius 2 is 1.83 bits per heavy atom. The fourth-order valence-electron chi connectivity index (χ4n) is 5.62. The van der Waals surface area contributed by atoms with E-state index in [9.17, 15) is 8.78 Å². The topological polar surface area (TPSA) is 9.23 Å². The molecule has 0 heterocycles. The molecule has 29 heavy (non-hydrogen) atoms. The molecular weight excluding hydrogens is 366 g/mol. The highest BCUT2D eigenvalue weighted by atomic mass is 19.1. The lowest BCUT2D eigenvalue weighted by atomic mass is 9.63. The van der Waals surface area contributed by atoms with Gasteiger partial charge in [0.25, 0.3) is 0 Å². The summed E-state index contributed by atoms with van der Waals surface area (Å²) in [6.07, 6.45) is 12.5. The summed E-state index contributed by atoms with van der Waals surface area (Å²) >= 11 is 0. The monoisotopic (exact) mass is 398 g/mol. The fourth-order valence-corrected chi connectivity index (χ4v) is 5.62. The molecule has 3 heteroatoms. The summed E-state index contributed by atoms with van der Waals surface area (Å²) in [6, 6.07) is 6.98. The van der Waals surface area contributed by atoms with E-state index in [2.05, 4.69) is 6.92 Å². The number of benzene rings is 2. The van der Waals surface area contributed by atoms with Gasteiger partial charge in [-0.05, 0) is 85.8 Å². The van der Waals surface area contributed by atoms with Crippen LogP contribution in [0, 0.1) is 29.4 Å². The molecule has 0 saturated heterocycles. The molecule has 2 aromatic carbocycles. The van der Waals surface area contributed by atoms with E-state index >= 15 is 0 Å². The molecule has 1 nitrogen and oxygen atoms in total. The van der Waals surface area contributed by atoms with Crippen molar-refractivity contribution < 1.29 is 13.5 Å². The van der Waals surface area contributed by atoms with Gasteiger partial charge in [0.05, 0.1) is 5.39 Å². The molecule has 0 aliphatic heterocycles. The van der Waals surface area contributed by atoms with E-state index in [4.69, 9.17) is 4.74 Å². The highest BCUT2D eigenvalue weighted by molar-refractivity contribution is 5.86. The Hall–Kier alpha value is -1.90. The predicted octanol–water partition coefficient (Wildman–Crippen LogP) is 7.78. The molecule has 2 aromatic rings. The summed E-state index contributed by atoms with van der Waals surface area (Å²) < 4.78 is 35.2. The lowest BCUT2D eigenvalue weighted by molar-refractivity contribution is 0.116. The Morgan fingerprint density at radius 3 is 2.62 bits per heavy atom. The van der Waals surface area contributed by atoms with Gasteiger partial charge in [-0.25, -0.2) is 8.78 Å². The van der Waals surface area contributed by atoms with Crippen LogP contribution >= 0.6 is 0 Å². The average Bonchev–Trinajstić information content (AvgIpc) is 2.74. The Balaban J connectivity index is 1.55. The molecule has 2 saturated carbocycles. The quantitative estimate of drug-likeness (QED) is 0.467. The number of hydrogen-bond acceptors (Lipinski definition) is 1. The first-order valence-corrected chi connectivity index (χ1v) is 11.3. The van der Waals surface area contributed by atoms with Crippen molar-refractivity contribution in [3.63, 3.8) is 0 Å². The Morgan fingerprint density at radius 1 is 1.03 bits per heavy atom. The molecule has 0 spiro atoms. The number of ether oxygens (including phenoxy) is 1. The van der Waals surface area contributed by atoms with Gasteiger partial charge in [0.2, 0.25) is 0 Å². The van der Waals surface area contributed by atoms with Crippen LogP contribution in [0.3, 0.4) is 0 Å². The first-order chi connectivity index (χ1) is 14.1. The molecule has 156 valence electrons. The minimum atomic E-state index is -0.599. The molecule has 4 atom stereocenters. The minimum absolute atomic E-state index is 0.0452. The van der Waals surface area contributed by atoms with Crippen molar-refractivity contribution in [3.05, 3.63) is 53.6 Å². The van der Waals surface area contributed by atoms with Gasteiger partial charge in [0, 0.05) is 0 Å². The van der Waals surface area contributed by atoms with Crippen LogP contribution < -0.4 is 4.74 Å². The predicted molar refractivity (Wildman–Crippen MR) is 115 cm³/mol. The van der Waals surface area contributed by atoms with E-state index in [1.54, 1.807) is 24.3 Å². The third kappa shape index (κ3) is 4.20. The average molecular weight is 399 g/mol. The fraction of sp³-hybridized carbons (Fsp3) is 0.538. The molecule has 2 aliphatic rings. The highest BCUT2D eigenvalue weighted by Crippen LogP contribution is 2.48. The summed E-state index contributed by atoms with van der Waals surface area (Å²) in [6.45, 7) is 4.47. The van der Waals surface area contributed by atoms with E-state index < -0.39 is 11.6 Å². The van der Waals surface area contributed by atoms with Crippen molar-refractivity contribution in [2.45, 2.75) is 64.7 Å². The standard InChI is InChI=1S/C26H32F2O/c1-3-5-12-29-24-11-10-21-15-22(16-23(27)25(21)26(24)28)20-9-8-18-13-17(4-2)6-7-19(18)14-20/h3,5,10-11,15-20H,4,6-9,12-14H2,1-2H3. The maximum absolute atomic E-state index is 15.0. The summed E-state index contributed by atoms with van der Waals surface area (Å²) in [5, 5.41) is 0.677. The van der Waals surface area contributed by atoms with Crippen molar-refractivity contribution in [1.29, 1.82) is 0 Å². The number of hydrogen-bond donors (Lipinski definition) is 0. The van der Waals surface area contributed by atoms with Crippen LogP contribution in [0.4, 0.5) is 8.78 Å². The molecule has 0 N–H and O–H groups in total. The number of rotatable bonds is 5. The molecule has 2 fully saturated rings. The molecule has 0 amide bonds. The zero-order valence-electron chi connectivity index (χ0n) is 17.6. The van der Waals surface area contributed by atoms with Crippen molar-refractivity contribution in [2.75, 3.05) is 6.61 Å². The maximum Gasteiger partial charge on any atom is 0.175 e.